The third-order valence-electron chi connectivity index (χ3n) is 7.65. The molecule has 6 nitrogen and oxygen atoms in total. The molecule has 1 amide bonds. The van der Waals surface area contributed by atoms with E-state index in [0.717, 1.165) is 6.07 Å². The standard InChI is InChI=1S/C27H29F5N4O2S/c1-4-20(37)36-15(2)13-34(14-16(36)3)24-18-12-19(27(30,31)32)21(17-6-8-26(28,29)9-7-17)23-22(18)35(25(38)33-24)10-5-11-39-23/h4,6,12,15-16H,1,5,7-11,13-14H2,2-3H3. The fraction of sp³-hybridized carbons (Fsp3) is 0.519. The number of benzene rings is 1. The van der Waals surface area contributed by atoms with E-state index in [0.29, 0.717) is 24.2 Å². The smallest absolute Gasteiger partial charge is 0.352 e. The fourth-order valence-corrected chi connectivity index (χ4v) is 7.20. The minimum atomic E-state index is -4.76. The number of aryl methyl sites for hydroxylation is 1. The van der Waals surface area contributed by atoms with E-state index in [1.165, 1.54) is 28.5 Å². The predicted octanol–water partition coefficient (Wildman–Crippen LogP) is 5.73. The number of hydrogen-bond donors (Lipinski definition) is 0. The lowest BCUT2D eigenvalue weighted by atomic mass is 9.87. The molecule has 5 rings (SSSR count). The molecule has 2 unspecified atom stereocenters. The Morgan fingerprint density at radius 3 is 2.51 bits per heavy atom. The number of allylic oxidation sites excluding steroid dienone is 2. The molecule has 0 bridgehead atoms. The van der Waals surface area contributed by atoms with Gasteiger partial charge in [0, 0.05) is 60.4 Å². The summed E-state index contributed by atoms with van der Waals surface area (Å²) in [5.41, 5.74) is -0.994. The summed E-state index contributed by atoms with van der Waals surface area (Å²) >= 11 is 1.23. The topological polar surface area (TPSA) is 58.4 Å². The number of carbonyl (C=O) groups excluding carboxylic acids is 1. The molecule has 0 saturated carbocycles. The highest BCUT2D eigenvalue weighted by Crippen LogP contribution is 2.49. The van der Waals surface area contributed by atoms with Gasteiger partial charge in [0.05, 0.1) is 11.1 Å². The lowest BCUT2D eigenvalue weighted by molar-refractivity contribution is -0.138. The molecule has 0 spiro atoms. The Labute approximate surface area is 226 Å². The van der Waals surface area contributed by atoms with Crippen molar-refractivity contribution in [3.63, 3.8) is 0 Å². The lowest BCUT2D eigenvalue weighted by Crippen LogP contribution is -2.58. The summed E-state index contributed by atoms with van der Waals surface area (Å²) < 4.78 is 73.2. The van der Waals surface area contributed by atoms with Crippen LogP contribution in [0.25, 0.3) is 16.5 Å². The second-order valence-electron chi connectivity index (χ2n) is 10.4. The SMILES string of the molecule is C=CC(=O)N1C(C)CN(c2nc(=O)n3c4c(c(C5=CCC(F)(F)CC5)c(C(F)(F)F)cc24)SCCC3)CC1C. The highest BCUT2D eigenvalue weighted by Gasteiger charge is 2.41. The maximum Gasteiger partial charge on any atom is 0.417 e. The van der Waals surface area contributed by atoms with E-state index in [-0.39, 0.29) is 64.7 Å². The molecule has 12 heteroatoms. The van der Waals surface area contributed by atoms with Crippen LogP contribution in [0.4, 0.5) is 27.8 Å². The van der Waals surface area contributed by atoms with Gasteiger partial charge in [-0.05, 0) is 50.2 Å². The second-order valence-corrected chi connectivity index (χ2v) is 11.5. The highest BCUT2D eigenvalue weighted by atomic mass is 32.2. The zero-order chi connectivity index (χ0) is 28.3. The number of anilines is 1. The third kappa shape index (κ3) is 4.96. The average Bonchev–Trinajstić information content (AvgIpc) is 3.09. The van der Waals surface area contributed by atoms with Crippen molar-refractivity contribution >= 4 is 40.0 Å². The van der Waals surface area contributed by atoms with E-state index in [1.807, 2.05) is 13.8 Å². The number of thioether (sulfide) groups is 1. The van der Waals surface area contributed by atoms with Crippen LogP contribution >= 0.6 is 11.8 Å². The average molecular weight is 569 g/mol. The van der Waals surface area contributed by atoms with Crippen LogP contribution in [0, 0.1) is 0 Å². The van der Waals surface area contributed by atoms with Gasteiger partial charge in [-0.1, -0.05) is 12.7 Å². The van der Waals surface area contributed by atoms with Crippen molar-refractivity contribution in [2.45, 2.75) is 75.2 Å². The number of alkyl halides is 5. The van der Waals surface area contributed by atoms with Crippen molar-refractivity contribution in [2.24, 2.45) is 0 Å². The Kier molecular flexibility index (Phi) is 7.05. The molecule has 1 aliphatic carbocycles. The van der Waals surface area contributed by atoms with Crippen LogP contribution < -0.4 is 10.6 Å². The number of rotatable bonds is 3. The molecular weight excluding hydrogens is 539 g/mol. The summed E-state index contributed by atoms with van der Waals surface area (Å²) in [4.78, 5) is 33.7. The summed E-state index contributed by atoms with van der Waals surface area (Å²) in [6.07, 6.45) is -3.12. The zero-order valence-corrected chi connectivity index (χ0v) is 22.5. The van der Waals surface area contributed by atoms with Gasteiger partial charge in [0.15, 0.2) is 0 Å². The third-order valence-corrected chi connectivity index (χ3v) is 8.83. The van der Waals surface area contributed by atoms with Gasteiger partial charge < -0.3 is 9.80 Å². The maximum atomic E-state index is 14.6. The first-order valence-electron chi connectivity index (χ1n) is 12.9. The van der Waals surface area contributed by atoms with Crippen molar-refractivity contribution in [2.75, 3.05) is 23.7 Å². The van der Waals surface area contributed by atoms with Crippen LogP contribution in [-0.2, 0) is 17.5 Å². The molecule has 3 heterocycles. The first-order valence-corrected chi connectivity index (χ1v) is 13.9. The zero-order valence-electron chi connectivity index (χ0n) is 21.7. The Bertz CT molecular complexity index is 1420. The van der Waals surface area contributed by atoms with Gasteiger partial charge >= 0.3 is 11.9 Å². The van der Waals surface area contributed by atoms with Gasteiger partial charge in [0.1, 0.15) is 5.82 Å². The number of hydrogen-bond acceptors (Lipinski definition) is 5. The Morgan fingerprint density at radius 1 is 1.23 bits per heavy atom. The van der Waals surface area contributed by atoms with Crippen LogP contribution in [0.2, 0.25) is 0 Å². The molecule has 2 atom stereocenters. The quantitative estimate of drug-likeness (QED) is 0.350. The van der Waals surface area contributed by atoms with Crippen LogP contribution in [0.5, 0.6) is 0 Å². The summed E-state index contributed by atoms with van der Waals surface area (Å²) in [6, 6.07) is 0.416. The van der Waals surface area contributed by atoms with Gasteiger partial charge in [-0.2, -0.15) is 18.2 Å². The number of amides is 1. The van der Waals surface area contributed by atoms with Crippen LogP contribution in [0.3, 0.4) is 0 Å². The maximum absolute atomic E-state index is 14.6. The number of carbonyl (C=O) groups is 1. The van der Waals surface area contributed by atoms with Crippen molar-refractivity contribution in [1.82, 2.24) is 14.5 Å². The van der Waals surface area contributed by atoms with Gasteiger partial charge in [0.25, 0.3) is 5.92 Å². The van der Waals surface area contributed by atoms with Gasteiger partial charge in [0.2, 0.25) is 5.91 Å². The van der Waals surface area contributed by atoms with Crippen LogP contribution in [-0.4, -0.2) is 57.2 Å². The van der Waals surface area contributed by atoms with Crippen molar-refractivity contribution in [3.8, 4) is 0 Å². The Hall–Kier alpha value is -2.89. The summed E-state index contributed by atoms with van der Waals surface area (Å²) in [7, 11) is 0. The van der Waals surface area contributed by atoms with E-state index in [4.69, 9.17) is 0 Å². The molecule has 210 valence electrons. The normalized spacial score (nSPS) is 23.4. The Morgan fingerprint density at radius 2 is 1.92 bits per heavy atom. The molecule has 1 aromatic heterocycles. The lowest BCUT2D eigenvalue weighted by Gasteiger charge is -2.44. The van der Waals surface area contributed by atoms with E-state index in [2.05, 4.69) is 11.6 Å². The number of halogens is 5. The van der Waals surface area contributed by atoms with E-state index in [1.54, 1.807) is 9.80 Å². The number of piperazine rings is 1. The van der Waals surface area contributed by atoms with E-state index < -0.39 is 36.2 Å². The predicted molar refractivity (Wildman–Crippen MR) is 141 cm³/mol. The monoisotopic (exact) mass is 568 g/mol. The van der Waals surface area contributed by atoms with Gasteiger partial charge in [-0.3, -0.25) is 9.36 Å². The first-order chi connectivity index (χ1) is 18.3. The molecule has 1 saturated heterocycles. The van der Waals surface area contributed by atoms with Crippen LogP contribution in [0.15, 0.2) is 34.5 Å². The molecule has 1 fully saturated rings. The summed E-state index contributed by atoms with van der Waals surface area (Å²) in [6.45, 7) is 8.02. The molecule has 2 aromatic rings. The fourth-order valence-electron chi connectivity index (χ4n) is 5.98. The molecule has 3 aliphatic rings. The van der Waals surface area contributed by atoms with E-state index in [9.17, 15) is 31.5 Å². The summed E-state index contributed by atoms with van der Waals surface area (Å²) in [5, 5.41) is 0.194. The number of nitrogens with zero attached hydrogens (tertiary/aromatic N) is 4. The molecule has 39 heavy (non-hydrogen) atoms. The van der Waals surface area contributed by atoms with Crippen molar-refractivity contribution in [1.29, 1.82) is 0 Å². The minimum absolute atomic E-state index is 0.106. The molecule has 2 aliphatic heterocycles. The molecular formula is C27H29F5N4O2S. The highest BCUT2D eigenvalue weighted by molar-refractivity contribution is 7.99. The van der Waals surface area contributed by atoms with E-state index >= 15 is 0 Å². The molecule has 0 radical (unpaired) electrons. The molecule has 1 aromatic carbocycles. The largest absolute Gasteiger partial charge is 0.417 e. The first kappa shape index (κ1) is 27.7. The molecule has 0 N–H and O–H groups in total. The van der Waals surface area contributed by atoms with Crippen LogP contribution in [0.1, 0.15) is 50.7 Å². The van der Waals surface area contributed by atoms with Gasteiger partial charge in [-0.25, -0.2) is 13.6 Å². The second kappa shape index (κ2) is 9.94. The van der Waals surface area contributed by atoms with Crippen molar-refractivity contribution in [3.05, 3.63) is 46.4 Å². The van der Waals surface area contributed by atoms with Gasteiger partial charge in [-0.15, -0.1) is 11.8 Å². The van der Waals surface area contributed by atoms with Crippen molar-refractivity contribution < 1.29 is 26.7 Å². The Balaban J connectivity index is 1.76. The number of aromatic nitrogens is 2. The minimum Gasteiger partial charge on any atom is -0.352 e. The summed E-state index contributed by atoms with van der Waals surface area (Å²) in [5.74, 6) is -2.59.